The number of allylic oxidation sites excluding steroid dienone is 4. The summed E-state index contributed by atoms with van der Waals surface area (Å²) in [6.07, 6.45) is 3.28. The third kappa shape index (κ3) is 5.73. The van der Waals surface area contributed by atoms with Gasteiger partial charge in [0.1, 0.15) is 0 Å². The van der Waals surface area contributed by atoms with Crippen LogP contribution in [0.1, 0.15) is 98.4 Å². The maximum atomic E-state index is 12.2. The van der Waals surface area contributed by atoms with E-state index in [4.69, 9.17) is 19.4 Å². The van der Waals surface area contributed by atoms with Gasteiger partial charge in [-0.1, -0.05) is 13.8 Å². The second-order valence-electron chi connectivity index (χ2n) is 11.5. The Kier molecular flexibility index (Phi) is 8.90. The highest BCUT2D eigenvalue weighted by molar-refractivity contribution is 5.95. The molecule has 5 heterocycles. The van der Waals surface area contributed by atoms with E-state index in [0.717, 1.165) is 80.0 Å². The van der Waals surface area contributed by atoms with Crippen LogP contribution in [0, 0.1) is 13.8 Å². The maximum absolute atomic E-state index is 12.2. The Morgan fingerprint density at radius 2 is 1.07 bits per heavy atom. The van der Waals surface area contributed by atoms with Gasteiger partial charge in [-0.2, -0.15) is 0 Å². The van der Waals surface area contributed by atoms with Gasteiger partial charge in [-0.15, -0.1) is 0 Å². The summed E-state index contributed by atoms with van der Waals surface area (Å²) in [5.74, 6) is -0.518. The van der Waals surface area contributed by atoms with Crippen LogP contribution in [0.3, 0.4) is 0 Å². The van der Waals surface area contributed by atoms with Crippen molar-refractivity contribution in [1.29, 1.82) is 0 Å². The Bertz CT molecular complexity index is 1890. The number of nitrogens with zero attached hydrogens (tertiary/aromatic N) is 2. The summed E-state index contributed by atoms with van der Waals surface area (Å²) >= 11 is 0. The molecule has 0 atom stereocenters. The molecule has 0 spiro atoms. The smallest absolute Gasteiger partial charge is 0.305 e. The highest BCUT2D eigenvalue weighted by Gasteiger charge is 2.21. The topological polar surface area (TPSA) is 110 Å². The molecule has 0 amide bonds. The zero-order valence-corrected chi connectivity index (χ0v) is 27.1. The molecule has 2 aliphatic rings. The van der Waals surface area contributed by atoms with Crippen LogP contribution >= 0.6 is 0 Å². The second-order valence-corrected chi connectivity index (χ2v) is 11.5. The highest BCUT2D eigenvalue weighted by Crippen LogP contribution is 2.37. The van der Waals surface area contributed by atoms with Crippen molar-refractivity contribution in [2.75, 3.05) is 14.2 Å². The van der Waals surface area contributed by atoms with Crippen molar-refractivity contribution in [2.45, 2.75) is 80.1 Å². The van der Waals surface area contributed by atoms with Gasteiger partial charge in [0.05, 0.1) is 37.0 Å². The molecule has 230 valence electrons. The Hall–Kier alpha value is -4.46. The van der Waals surface area contributed by atoms with Crippen molar-refractivity contribution in [2.24, 2.45) is 0 Å². The number of esters is 2. The van der Waals surface area contributed by atoms with Crippen LogP contribution < -0.4 is 0 Å². The largest absolute Gasteiger partial charge is 0.469 e. The first-order chi connectivity index (χ1) is 21.1. The molecule has 0 aromatic carbocycles. The number of hydrogen-bond donors (Lipinski definition) is 2. The van der Waals surface area contributed by atoms with E-state index < -0.39 is 0 Å². The quantitative estimate of drug-likeness (QED) is 0.257. The standard InChI is InChI=1S/C36H42N4O4/c1-9-23-19(3)27-15-28-21(5)25(11-13-35(41)43-7)33(39-28)18-34-26(12-14-36(42)44-8)22(6)30(40-34)17-32-24(10-2)20(4)29(38-32)16-31(23)37-27/h15-18,37,40H,9-14H2,1-8H3. The third-order valence-corrected chi connectivity index (χ3v) is 9.12. The van der Waals surface area contributed by atoms with Gasteiger partial charge >= 0.3 is 11.9 Å². The van der Waals surface area contributed by atoms with Crippen molar-refractivity contribution in [1.82, 2.24) is 19.9 Å². The number of rotatable bonds is 8. The molecule has 0 radical (unpaired) electrons. The SMILES string of the molecule is CCC1=C(C)c2cc3[nH]c(cc4nc(cc5[nH]c(cc1n2)c(C)c5CCC(=O)OC)C(CCC(=O)OC)=C4C)c(C)c3CC. The van der Waals surface area contributed by atoms with Crippen LogP contribution in [0.4, 0.5) is 0 Å². The van der Waals surface area contributed by atoms with Crippen LogP contribution in [-0.2, 0) is 31.9 Å². The van der Waals surface area contributed by atoms with Gasteiger partial charge in [0.2, 0.25) is 0 Å². The fourth-order valence-corrected chi connectivity index (χ4v) is 6.41. The van der Waals surface area contributed by atoms with Crippen LogP contribution in [0.5, 0.6) is 0 Å². The van der Waals surface area contributed by atoms with Crippen LogP contribution in [0.15, 0.2) is 24.3 Å². The van der Waals surface area contributed by atoms with Gasteiger partial charge < -0.3 is 19.4 Å². The number of aromatic nitrogens is 4. The maximum Gasteiger partial charge on any atom is 0.305 e. The average Bonchev–Trinajstić information content (AvgIpc) is 3.67. The molecular weight excluding hydrogens is 552 g/mol. The lowest BCUT2D eigenvalue weighted by atomic mass is 10.00. The number of aryl methyl sites for hydroxylation is 4. The first-order valence-electron chi connectivity index (χ1n) is 15.4. The van der Waals surface area contributed by atoms with E-state index >= 15 is 0 Å². The molecule has 0 saturated carbocycles. The summed E-state index contributed by atoms with van der Waals surface area (Å²) in [6.45, 7) is 12.8. The van der Waals surface area contributed by atoms with Crippen LogP contribution in [0.2, 0.25) is 0 Å². The fourth-order valence-electron chi connectivity index (χ4n) is 6.41. The lowest BCUT2D eigenvalue weighted by molar-refractivity contribution is -0.141. The third-order valence-electron chi connectivity index (χ3n) is 9.12. The predicted octanol–water partition coefficient (Wildman–Crippen LogP) is 7.82. The van der Waals surface area contributed by atoms with E-state index in [-0.39, 0.29) is 24.8 Å². The van der Waals surface area contributed by atoms with Gasteiger partial charge in [0.15, 0.2) is 0 Å². The molecule has 3 aromatic rings. The van der Waals surface area contributed by atoms with Gasteiger partial charge in [-0.05, 0) is 122 Å². The molecule has 0 aliphatic carbocycles. The van der Waals surface area contributed by atoms with Crippen LogP contribution in [0.25, 0.3) is 44.4 Å². The minimum absolute atomic E-state index is 0.256. The normalized spacial score (nSPS) is 13.1. The van der Waals surface area contributed by atoms with Crippen molar-refractivity contribution >= 4 is 56.3 Å². The monoisotopic (exact) mass is 594 g/mol. The molecule has 8 nitrogen and oxygen atoms in total. The summed E-state index contributed by atoms with van der Waals surface area (Å²) in [4.78, 5) is 41.9. The van der Waals surface area contributed by atoms with E-state index in [1.54, 1.807) is 0 Å². The minimum Gasteiger partial charge on any atom is -0.469 e. The second kappa shape index (κ2) is 12.6. The molecule has 2 aliphatic heterocycles. The molecule has 44 heavy (non-hydrogen) atoms. The highest BCUT2D eigenvalue weighted by atomic mass is 16.5. The number of methoxy groups -OCH3 is 2. The molecule has 3 aromatic heterocycles. The number of fused-ring (bicyclic) bond motifs is 8. The minimum atomic E-state index is -0.261. The number of nitrogens with one attached hydrogen (secondary N) is 2. The molecule has 0 unspecified atom stereocenters. The number of carbonyl (C=O) groups excluding carboxylic acids is 2. The lowest BCUT2D eigenvalue weighted by Crippen LogP contribution is -2.02. The Morgan fingerprint density at radius 3 is 1.64 bits per heavy atom. The predicted molar refractivity (Wildman–Crippen MR) is 177 cm³/mol. The summed E-state index contributed by atoms with van der Waals surface area (Å²) in [5.41, 5.74) is 16.4. The molecule has 0 saturated heterocycles. The van der Waals surface area contributed by atoms with Crippen molar-refractivity contribution < 1.29 is 19.1 Å². The Balaban J connectivity index is 1.89. The number of hydrogen-bond acceptors (Lipinski definition) is 6. The first kappa shape index (κ1) is 31.0. The molecule has 8 heteroatoms. The number of ether oxygens (including phenoxy) is 2. The van der Waals surface area contributed by atoms with E-state index in [2.05, 4.69) is 69.7 Å². The van der Waals surface area contributed by atoms with Crippen molar-refractivity contribution in [3.8, 4) is 0 Å². The van der Waals surface area contributed by atoms with E-state index in [0.29, 0.717) is 12.8 Å². The van der Waals surface area contributed by atoms with E-state index in [1.807, 2.05) is 6.07 Å². The molecule has 0 fully saturated rings. The first-order valence-corrected chi connectivity index (χ1v) is 15.4. The summed E-state index contributed by atoms with van der Waals surface area (Å²) in [6, 6.07) is 8.45. The Labute approximate surface area is 258 Å². The van der Waals surface area contributed by atoms with Crippen LogP contribution in [-0.4, -0.2) is 46.1 Å². The number of aromatic amines is 2. The van der Waals surface area contributed by atoms with E-state index in [9.17, 15) is 9.59 Å². The molecule has 2 N–H and O–H groups in total. The average molecular weight is 595 g/mol. The van der Waals surface area contributed by atoms with Gasteiger partial charge in [-0.25, -0.2) is 9.97 Å². The molecular formula is C36H42N4O4. The summed E-state index contributed by atoms with van der Waals surface area (Å²) in [5, 5.41) is 0. The van der Waals surface area contributed by atoms with Crippen molar-refractivity contribution in [3.63, 3.8) is 0 Å². The Morgan fingerprint density at radius 1 is 0.614 bits per heavy atom. The summed E-state index contributed by atoms with van der Waals surface area (Å²) < 4.78 is 9.92. The summed E-state index contributed by atoms with van der Waals surface area (Å²) in [7, 11) is 2.82. The number of H-pyrrole nitrogens is 2. The lowest BCUT2D eigenvalue weighted by Gasteiger charge is -2.04. The van der Waals surface area contributed by atoms with E-state index in [1.165, 1.54) is 36.5 Å². The van der Waals surface area contributed by atoms with Gasteiger partial charge in [0, 0.05) is 34.9 Å². The van der Waals surface area contributed by atoms with Gasteiger partial charge in [-0.3, -0.25) is 9.59 Å². The zero-order valence-electron chi connectivity index (χ0n) is 27.1. The molecule has 8 bridgehead atoms. The zero-order chi connectivity index (χ0) is 31.7. The number of carbonyl (C=O) groups is 2. The van der Waals surface area contributed by atoms with Gasteiger partial charge in [0.25, 0.3) is 0 Å². The molecule has 5 rings (SSSR count). The van der Waals surface area contributed by atoms with Crippen molar-refractivity contribution in [3.05, 3.63) is 69.3 Å². The fraction of sp³-hybridized carbons (Fsp3) is 0.389.